The van der Waals surface area contributed by atoms with Crippen molar-refractivity contribution < 1.29 is 9.18 Å². The summed E-state index contributed by atoms with van der Waals surface area (Å²) < 4.78 is 13.3. The molecule has 25 heavy (non-hydrogen) atoms. The van der Waals surface area contributed by atoms with E-state index in [1.165, 1.54) is 44.2 Å². The predicted octanol–water partition coefficient (Wildman–Crippen LogP) is 5.12. The summed E-state index contributed by atoms with van der Waals surface area (Å²) in [5, 5.41) is 3.16. The number of hydrogen-bond acceptors (Lipinski definition) is 1. The van der Waals surface area contributed by atoms with Gasteiger partial charge in [0.1, 0.15) is 5.82 Å². The fourth-order valence-corrected chi connectivity index (χ4v) is 3.73. The minimum atomic E-state index is -0.238. The molecule has 2 aromatic carbocycles. The van der Waals surface area contributed by atoms with E-state index < -0.39 is 0 Å². The number of carbonyl (C=O) groups is 1. The summed E-state index contributed by atoms with van der Waals surface area (Å²) in [7, 11) is 0. The topological polar surface area (TPSA) is 29.1 Å². The lowest BCUT2D eigenvalue weighted by molar-refractivity contribution is -0.121. The number of carbonyl (C=O) groups excluding carboxylic acids is 1. The van der Waals surface area contributed by atoms with Gasteiger partial charge in [0, 0.05) is 6.04 Å². The highest BCUT2D eigenvalue weighted by Crippen LogP contribution is 2.26. The van der Waals surface area contributed by atoms with E-state index in [-0.39, 0.29) is 17.8 Å². The van der Waals surface area contributed by atoms with Crippen molar-refractivity contribution in [3.63, 3.8) is 0 Å². The molecule has 0 aromatic heterocycles. The van der Waals surface area contributed by atoms with E-state index in [9.17, 15) is 9.18 Å². The Morgan fingerprint density at radius 3 is 2.48 bits per heavy atom. The van der Waals surface area contributed by atoms with E-state index in [1.807, 2.05) is 30.3 Å². The molecule has 2 nitrogen and oxygen atoms in total. The number of nitrogens with one attached hydrogen (secondary N) is 1. The number of benzene rings is 2. The third kappa shape index (κ3) is 4.91. The molecule has 0 aliphatic heterocycles. The van der Waals surface area contributed by atoms with E-state index >= 15 is 0 Å². The van der Waals surface area contributed by atoms with Gasteiger partial charge in [0.05, 0.1) is 6.42 Å². The van der Waals surface area contributed by atoms with Crippen molar-refractivity contribution in [2.24, 2.45) is 5.92 Å². The van der Waals surface area contributed by atoms with Crippen LogP contribution in [-0.2, 0) is 11.2 Å². The lowest BCUT2D eigenvalue weighted by atomic mass is 9.84. The summed E-state index contributed by atoms with van der Waals surface area (Å²) in [6.07, 6.45) is 6.74. The van der Waals surface area contributed by atoms with Crippen LogP contribution in [0.5, 0.6) is 0 Å². The Balaban J connectivity index is 1.56. The van der Waals surface area contributed by atoms with E-state index in [1.54, 1.807) is 6.07 Å². The Kier molecular flexibility index (Phi) is 5.85. The van der Waals surface area contributed by atoms with Crippen LogP contribution in [0.15, 0.2) is 48.5 Å². The fourth-order valence-electron chi connectivity index (χ4n) is 3.73. The zero-order valence-corrected chi connectivity index (χ0v) is 14.8. The molecular weight excluding hydrogens is 313 g/mol. The molecule has 1 N–H and O–H groups in total. The molecule has 1 aliphatic carbocycles. The Bertz CT molecular complexity index is 704. The van der Waals surface area contributed by atoms with Gasteiger partial charge in [-0.15, -0.1) is 0 Å². The van der Waals surface area contributed by atoms with Crippen molar-refractivity contribution in [1.29, 1.82) is 0 Å². The highest BCUT2D eigenvalue weighted by atomic mass is 19.1. The molecule has 0 unspecified atom stereocenters. The van der Waals surface area contributed by atoms with Crippen molar-refractivity contribution in [2.45, 2.75) is 51.5 Å². The van der Waals surface area contributed by atoms with E-state index in [4.69, 9.17) is 0 Å². The van der Waals surface area contributed by atoms with Crippen molar-refractivity contribution in [1.82, 2.24) is 5.32 Å². The van der Waals surface area contributed by atoms with Gasteiger partial charge in [-0.1, -0.05) is 55.7 Å². The summed E-state index contributed by atoms with van der Waals surface area (Å²) in [6.45, 7) is 2.13. The molecule has 2 aromatic rings. The fraction of sp³-hybridized carbons (Fsp3) is 0.409. The Labute approximate surface area is 149 Å². The van der Waals surface area contributed by atoms with Crippen LogP contribution in [0, 0.1) is 11.7 Å². The van der Waals surface area contributed by atoms with Crippen LogP contribution >= 0.6 is 0 Å². The van der Waals surface area contributed by atoms with Gasteiger partial charge < -0.3 is 5.32 Å². The predicted molar refractivity (Wildman–Crippen MR) is 99.7 cm³/mol. The minimum Gasteiger partial charge on any atom is -0.353 e. The Morgan fingerprint density at radius 1 is 1.08 bits per heavy atom. The lowest BCUT2D eigenvalue weighted by Gasteiger charge is -2.28. The van der Waals surface area contributed by atoms with Gasteiger partial charge in [-0.05, 0) is 54.5 Å². The quantitative estimate of drug-likeness (QED) is 0.805. The van der Waals surface area contributed by atoms with Crippen LogP contribution in [0.2, 0.25) is 0 Å². The summed E-state index contributed by atoms with van der Waals surface area (Å²) in [6, 6.07) is 14.6. The number of rotatable bonds is 5. The average Bonchev–Trinajstić information content (AvgIpc) is 2.63. The van der Waals surface area contributed by atoms with E-state index in [0.29, 0.717) is 12.3 Å². The van der Waals surface area contributed by atoms with Crippen molar-refractivity contribution >= 4 is 5.91 Å². The summed E-state index contributed by atoms with van der Waals surface area (Å²) in [5.41, 5.74) is 2.79. The monoisotopic (exact) mass is 339 g/mol. The second-order valence-corrected chi connectivity index (χ2v) is 7.14. The minimum absolute atomic E-state index is 0.0802. The molecule has 0 spiro atoms. The maximum Gasteiger partial charge on any atom is 0.224 e. The van der Waals surface area contributed by atoms with E-state index in [2.05, 4.69) is 12.2 Å². The molecule has 0 saturated heterocycles. The van der Waals surface area contributed by atoms with Crippen LogP contribution in [0.25, 0.3) is 11.1 Å². The number of hydrogen-bond donors (Lipinski definition) is 1. The Morgan fingerprint density at radius 2 is 1.80 bits per heavy atom. The van der Waals surface area contributed by atoms with Crippen LogP contribution in [0.1, 0.15) is 44.6 Å². The molecule has 1 amide bonds. The molecular formula is C22H26FNO. The van der Waals surface area contributed by atoms with E-state index in [0.717, 1.165) is 16.7 Å². The molecule has 1 fully saturated rings. The number of halogens is 1. The lowest BCUT2D eigenvalue weighted by Crippen LogP contribution is -2.39. The zero-order valence-electron chi connectivity index (χ0n) is 14.8. The molecule has 0 radical (unpaired) electrons. The maximum atomic E-state index is 13.3. The molecule has 3 heteroatoms. The molecule has 132 valence electrons. The SMILES string of the molecule is C[C@@H](NC(=O)Cc1ccc(-c2cccc(F)c2)cc1)C1CCCCC1. The first-order valence-electron chi connectivity index (χ1n) is 9.26. The second-order valence-electron chi connectivity index (χ2n) is 7.14. The van der Waals surface area contributed by atoms with Crippen LogP contribution in [0.4, 0.5) is 4.39 Å². The first-order valence-corrected chi connectivity index (χ1v) is 9.26. The van der Waals surface area contributed by atoms with Crippen LogP contribution in [0.3, 0.4) is 0 Å². The standard InChI is InChI=1S/C22H26FNO/c1-16(18-6-3-2-4-7-18)24-22(25)14-17-10-12-19(13-11-17)20-8-5-9-21(23)15-20/h5,8-13,15-16,18H,2-4,6-7,14H2,1H3,(H,24,25)/t16-/m1/s1. The van der Waals surface area contributed by atoms with Gasteiger partial charge in [-0.3, -0.25) is 4.79 Å². The van der Waals surface area contributed by atoms with Crippen molar-refractivity contribution in [3.8, 4) is 11.1 Å². The second kappa shape index (κ2) is 8.28. The first kappa shape index (κ1) is 17.7. The molecule has 0 heterocycles. The van der Waals surface area contributed by atoms with Gasteiger partial charge in [0.15, 0.2) is 0 Å². The largest absolute Gasteiger partial charge is 0.353 e. The first-order chi connectivity index (χ1) is 12.1. The van der Waals surface area contributed by atoms with Gasteiger partial charge in [0.25, 0.3) is 0 Å². The third-order valence-electron chi connectivity index (χ3n) is 5.22. The smallest absolute Gasteiger partial charge is 0.224 e. The highest BCUT2D eigenvalue weighted by molar-refractivity contribution is 5.79. The highest BCUT2D eigenvalue weighted by Gasteiger charge is 2.21. The normalized spacial score (nSPS) is 16.4. The Hall–Kier alpha value is -2.16. The summed E-state index contributed by atoms with van der Waals surface area (Å²) >= 11 is 0. The van der Waals surface area contributed by atoms with Crippen molar-refractivity contribution in [3.05, 3.63) is 59.9 Å². The number of amides is 1. The third-order valence-corrected chi connectivity index (χ3v) is 5.22. The maximum absolute atomic E-state index is 13.3. The van der Waals surface area contributed by atoms with Gasteiger partial charge >= 0.3 is 0 Å². The average molecular weight is 339 g/mol. The molecule has 1 atom stereocenters. The van der Waals surface area contributed by atoms with Gasteiger partial charge in [0.2, 0.25) is 5.91 Å². The van der Waals surface area contributed by atoms with Gasteiger partial charge in [-0.2, -0.15) is 0 Å². The molecule has 1 saturated carbocycles. The molecule has 3 rings (SSSR count). The van der Waals surface area contributed by atoms with Crippen molar-refractivity contribution in [2.75, 3.05) is 0 Å². The summed E-state index contributed by atoms with van der Waals surface area (Å²) in [5.74, 6) is 0.460. The van der Waals surface area contributed by atoms with Crippen LogP contribution in [-0.4, -0.2) is 11.9 Å². The van der Waals surface area contributed by atoms with Gasteiger partial charge in [-0.25, -0.2) is 4.39 Å². The molecule has 0 bridgehead atoms. The van der Waals surface area contributed by atoms with Crippen LogP contribution < -0.4 is 5.32 Å². The molecule has 1 aliphatic rings. The summed E-state index contributed by atoms with van der Waals surface area (Å²) in [4.78, 5) is 12.3. The zero-order chi connectivity index (χ0) is 17.6.